The first-order valence-electron chi connectivity index (χ1n) is 10.7. The molecule has 4 aromatic rings. The zero-order valence-corrected chi connectivity index (χ0v) is 20.3. The SMILES string of the molecule is CN(C)CCN1C(=O)COc2cc(-c3cc(-c4cccc(Br)c4)c4c(N)ncnc4n3)cnc21. The lowest BCUT2D eigenvalue weighted by Crippen LogP contribution is -2.42. The molecular formula is C24H22BrN7O2. The number of aromatic nitrogens is 4. The van der Waals surface area contributed by atoms with Crippen LogP contribution in [-0.2, 0) is 4.79 Å². The highest BCUT2D eigenvalue weighted by molar-refractivity contribution is 9.10. The van der Waals surface area contributed by atoms with Crippen molar-refractivity contribution in [3.05, 3.63) is 53.4 Å². The van der Waals surface area contributed by atoms with Crippen molar-refractivity contribution in [1.29, 1.82) is 0 Å². The largest absolute Gasteiger partial charge is 0.480 e. The topological polar surface area (TPSA) is 110 Å². The summed E-state index contributed by atoms with van der Waals surface area (Å²) in [4.78, 5) is 34.0. The van der Waals surface area contributed by atoms with Gasteiger partial charge in [-0.1, -0.05) is 28.1 Å². The van der Waals surface area contributed by atoms with Crippen molar-refractivity contribution in [2.24, 2.45) is 0 Å². The Morgan fingerprint density at radius 2 is 2.00 bits per heavy atom. The van der Waals surface area contributed by atoms with Crippen LogP contribution in [0, 0.1) is 0 Å². The molecule has 0 saturated heterocycles. The number of benzene rings is 1. The number of likely N-dealkylation sites (N-methyl/N-ethyl adjacent to an activating group) is 1. The Labute approximate surface area is 204 Å². The molecule has 3 aromatic heterocycles. The van der Waals surface area contributed by atoms with Gasteiger partial charge in [-0.3, -0.25) is 9.69 Å². The van der Waals surface area contributed by atoms with E-state index in [0.717, 1.165) is 27.7 Å². The molecule has 0 radical (unpaired) electrons. The van der Waals surface area contributed by atoms with Crippen LogP contribution in [0.4, 0.5) is 11.6 Å². The number of nitrogens with two attached hydrogens (primary N) is 1. The summed E-state index contributed by atoms with van der Waals surface area (Å²) in [6.45, 7) is 1.23. The van der Waals surface area contributed by atoms with Crippen molar-refractivity contribution in [3.63, 3.8) is 0 Å². The summed E-state index contributed by atoms with van der Waals surface area (Å²) >= 11 is 3.54. The molecule has 172 valence electrons. The number of nitrogen functional groups attached to an aromatic ring is 1. The first-order chi connectivity index (χ1) is 16.4. The highest BCUT2D eigenvalue weighted by atomic mass is 79.9. The van der Waals surface area contributed by atoms with Crippen LogP contribution in [0.2, 0.25) is 0 Å². The molecule has 2 N–H and O–H groups in total. The Bertz CT molecular complexity index is 1410. The predicted octanol–water partition coefficient (Wildman–Crippen LogP) is 3.39. The van der Waals surface area contributed by atoms with Crippen molar-refractivity contribution in [3.8, 4) is 28.1 Å². The summed E-state index contributed by atoms with van der Waals surface area (Å²) in [6, 6.07) is 11.7. The van der Waals surface area contributed by atoms with Crippen LogP contribution >= 0.6 is 15.9 Å². The summed E-state index contributed by atoms with van der Waals surface area (Å²) in [5.74, 6) is 1.31. The van der Waals surface area contributed by atoms with Gasteiger partial charge in [-0.15, -0.1) is 0 Å². The zero-order valence-electron chi connectivity index (χ0n) is 18.7. The molecule has 0 saturated carbocycles. The molecule has 34 heavy (non-hydrogen) atoms. The van der Waals surface area contributed by atoms with Crippen molar-refractivity contribution >= 4 is 44.5 Å². The predicted molar refractivity (Wildman–Crippen MR) is 135 cm³/mol. The molecule has 0 spiro atoms. The third-order valence-corrected chi connectivity index (χ3v) is 6.07. The maximum atomic E-state index is 12.4. The average molecular weight is 520 g/mol. The number of ether oxygens (including phenoxy) is 1. The fraction of sp³-hybridized carbons (Fsp3) is 0.208. The third-order valence-electron chi connectivity index (χ3n) is 5.58. The second-order valence-corrected chi connectivity index (χ2v) is 9.12. The Morgan fingerprint density at radius 1 is 1.15 bits per heavy atom. The number of carbonyl (C=O) groups is 1. The number of hydrogen-bond acceptors (Lipinski definition) is 8. The molecule has 1 aliphatic heterocycles. The lowest BCUT2D eigenvalue weighted by atomic mass is 10.00. The number of hydrogen-bond donors (Lipinski definition) is 1. The number of anilines is 2. The summed E-state index contributed by atoms with van der Waals surface area (Å²) in [6.07, 6.45) is 3.11. The van der Waals surface area contributed by atoms with E-state index in [1.165, 1.54) is 6.33 Å². The van der Waals surface area contributed by atoms with Crippen LogP contribution in [0.25, 0.3) is 33.4 Å². The summed E-state index contributed by atoms with van der Waals surface area (Å²) in [7, 11) is 3.93. The van der Waals surface area contributed by atoms with Gasteiger partial charge in [-0.05, 0) is 49.5 Å². The van der Waals surface area contributed by atoms with Crippen molar-refractivity contribution in [2.75, 3.05) is 44.4 Å². The Balaban J connectivity index is 1.62. The molecule has 0 aliphatic carbocycles. The van der Waals surface area contributed by atoms with Gasteiger partial charge < -0.3 is 15.4 Å². The van der Waals surface area contributed by atoms with Crippen molar-refractivity contribution < 1.29 is 9.53 Å². The minimum absolute atomic E-state index is 0.0240. The quantitative estimate of drug-likeness (QED) is 0.427. The maximum absolute atomic E-state index is 12.4. The second-order valence-electron chi connectivity index (χ2n) is 8.21. The highest BCUT2D eigenvalue weighted by Gasteiger charge is 2.27. The van der Waals surface area contributed by atoms with Crippen LogP contribution < -0.4 is 15.4 Å². The molecule has 0 atom stereocenters. The number of fused-ring (bicyclic) bond motifs is 2. The lowest BCUT2D eigenvalue weighted by molar-refractivity contribution is -0.121. The van der Waals surface area contributed by atoms with Gasteiger partial charge in [0.25, 0.3) is 5.91 Å². The molecule has 4 heterocycles. The highest BCUT2D eigenvalue weighted by Crippen LogP contribution is 2.37. The first kappa shape index (κ1) is 22.2. The summed E-state index contributed by atoms with van der Waals surface area (Å²) < 4.78 is 6.67. The van der Waals surface area contributed by atoms with Gasteiger partial charge in [0.1, 0.15) is 12.1 Å². The second kappa shape index (κ2) is 8.96. The Kier molecular flexibility index (Phi) is 5.84. The number of amides is 1. The van der Waals surface area contributed by atoms with E-state index >= 15 is 0 Å². The van der Waals surface area contributed by atoms with Gasteiger partial charge in [0, 0.05) is 29.3 Å². The van der Waals surface area contributed by atoms with Gasteiger partial charge in [0.2, 0.25) is 0 Å². The number of rotatable bonds is 5. The number of halogens is 1. The van der Waals surface area contributed by atoms with E-state index in [1.54, 1.807) is 11.1 Å². The van der Waals surface area contributed by atoms with Gasteiger partial charge in [0.05, 0.1) is 11.1 Å². The standard InChI is InChI=1S/C24H22BrN7O2/c1-31(2)6-7-32-20(33)12-34-19-9-15(11-27-24(19)32)18-10-17(14-4-3-5-16(25)8-14)21-22(26)28-13-29-23(21)30-18/h3-5,8-11,13H,6-7,12H2,1-2H3,(H2,26,28,29,30). The molecule has 0 fully saturated rings. The van der Waals surface area contributed by atoms with Crippen LogP contribution in [0.1, 0.15) is 0 Å². The molecular weight excluding hydrogens is 498 g/mol. The Morgan fingerprint density at radius 3 is 2.79 bits per heavy atom. The molecule has 1 amide bonds. The molecule has 10 heteroatoms. The zero-order chi connectivity index (χ0) is 23.8. The average Bonchev–Trinajstić information content (AvgIpc) is 2.82. The van der Waals surface area contributed by atoms with Crippen LogP contribution in [0.15, 0.2) is 53.4 Å². The maximum Gasteiger partial charge on any atom is 0.266 e. The fourth-order valence-electron chi connectivity index (χ4n) is 3.87. The van der Waals surface area contributed by atoms with Crippen LogP contribution in [0.5, 0.6) is 5.75 Å². The molecule has 5 rings (SSSR count). The first-order valence-corrected chi connectivity index (χ1v) is 11.5. The number of carbonyl (C=O) groups excluding carboxylic acids is 1. The molecule has 1 aliphatic rings. The van der Waals surface area contributed by atoms with Crippen LogP contribution in [-0.4, -0.2) is 64.5 Å². The molecule has 9 nitrogen and oxygen atoms in total. The van der Waals surface area contributed by atoms with E-state index in [0.29, 0.717) is 40.7 Å². The summed E-state index contributed by atoms with van der Waals surface area (Å²) in [5, 5.41) is 0.687. The molecule has 0 bridgehead atoms. The molecule has 1 aromatic carbocycles. The fourth-order valence-corrected chi connectivity index (χ4v) is 4.27. The monoisotopic (exact) mass is 519 g/mol. The minimum Gasteiger partial charge on any atom is -0.480 e. The van der Waals surface area contributed by atoms with Crippen molar-refractivity contribution in [2.45, 2.75) is 0 Å². The van der Waals surface area contributed by atoms with Gasteiger partial charge in [0.15, 0.2) is 23.8 Å². The summed E-state index contributed by atoms with van der Waals surface area (Å²) in [5.41, 5.74) is 9.92. The lowest BCUT2D eigenvalue weighted by Gasteiger charge is -2.29. The number of nitrogens with zero attached hydrogens (tertiary/aromatic N) is 6. The van der Waals surface area contributed by atoms with Gasteiger partial charge in [-0.25, -0.2) is 19.9 Å². The third kappa shape index (κ3) is 4.17. The molecule has 0 unspecified atom stereocenters. The minimum atomic E-state index is -0.109. The smallest absolute Gasteiger partial charge is 0.266 e. The van der Waals surface area contributed by atoms with Crippen molar-refractivity contribution in [1.82, 2.24) is 24.8 Å². The van der Waals surface area contributed by atoms with Gasteiger partial charge >= 0.3 is 0 Å². The Hall–Kier alpha value is -3.63. The number of pyridine rings is 2. The normalized spacial score (nSPS) is 13.3. The van der Waals surface area contributed by atoms with E-state index in [2.05, 4.69) is 30.9 Å². The van der Waals surface area contributed by atoms with E-state index in [9.17, 15) is 4.79 Å². The van der Waals surface area contributed by atoms with E-state index in [-0.39, 0.29) is 12.5 Å². The van der Waals surface area contributed by atoms with Gasteiger partial charge in [-0.2, -0.15) is 0 Å². The van der Waals surface area contributed by atoms with Crippen LogP contribution in [0.3, 0.4) is 0 Å². The van der Waals surface area contributed by atoms with E-state index in [1.807, 2.05) is 55.4 Å². The van der Waals surface area contributed by atoms with E-state index < -0.39 is 0 Å². The van der Waals surface area contributed by atoms with E-state index in [4.69, 9.17) is 15.5 Å².